The van der Waals surface area contributed by atoms with Crippen molar-refractivity contribution in [3.63, 3.8) is 0 Å². The Hall–Kier alpha value is -4.30. The van der Waals surface area contributed by atoms with Crippen LogP contribution in [0.15, 0.2) is 83.9 Å². The zero-order chi connectivity index (χ0) is 24.4. The van der Waals surface area contributed by atoms with E-state index in [-0.39, 0.29) is 10.8 Å². The van der Waals surface area contributed by atoms with E-state index >= 15 is 0 Å². The largest absolute Gasteiger partial charge is 0.497 e. The molecule has 1 fully saturated rings. The van der Waals surface area contributed by atoms with E-state index in [1.807, 2.05) is 42.5 Å². The highest BCUT2D eigenvalue weighted by Crippen LogP contribution is 2.32. The van der Waals surface area contributed by atoms with E-state index < -0.39 is 11.1 Å². The normalized spacial score (nSPS) is 14.4. The van der Waals surface area contributed by atoms with Crippen LogP contribution in [0.5, 0.6) is 11.5 Å². The highest BCUT2D eigenvalue weighted by atomic mass is 32.2. The van der Waals surface area contributed by atoms with E-state index in [9.17, 15) is 14.4 Å². The van der Waals surface area contributed by atoms with E-state index in [1.54, 1.807) is 49.7 Å². The number of imide groups is 1. The Morgan fingerprint density at radius 1 is 1.00 bits per heavy atom. The van der Waals surface area contributed by atoms with Gasteiger partial charge >= 0.3 is 0 Å². The summed E-state index contributed by atoms with van der Waals surface area (Å²) in [6, 6.07) is 22.1. The number of hydrogen-bond acceptors (Lipinski definition) is 6. The van der Waals surface area contributed by atoms with Gasteiger partial charge in [0.2, 0.25) is 0 Å². The zero-order valence-corrected chi connectivity index (χ0v) is 19.5. The summed E-state index contributed by atoms with van der Waals surface area (Å²) in [6.45, 7) is 0.388. The van der Waals surface area contributed by atoms with Crippen molar-refractivity contribution < 1.29 is 23.9 Å². The van der Waals surface area contributed by atoms with E-state index in [2.05, 4.69) is 5.32 Å². The Kier molecular flexibility index (Phi) is 6.12. The third-order valence-corrected chi connectivity index (χ3v) is 6.33. The Labute approximate surface area is 205 Å². The maximum Gasteiger partial charge on any atom is 0.290 e. The van der Waals surface area contributed by atoms with Crippen LogP contribution >= 0.6 is 11.8 Å². The van der Waals surface area contributed by atoms with Crippen LogP contribution in [-0.4, -0.2) is 28.7 Å². The molecule has 7 nitrogen and oxygen atoms in total. The van der Waals surface area contributed by atoms with Gasteiger partial charge in [-0.25, -0.2) is 0 Å². The number of amides is 2. The van der Waals surface area contributed by atoms with Gasteiger partial charge in [-0.15, -0.1) is 0 Å². The summed E-state index contributed by atoms with van der Waals surface area (Å²) >= 11 is 0.827. The monoisotopic (exact) mass is 484 g/mol. The van der Waals surface area contributed by atoms with Crippen molar-refractivity contribution in [2.24, 2.45) is 0 Å². The van der Waals surface area contributed by atoms with Gasteiger partial charge in [-0.1, -0.05) is 36.4 Å². The summed E-state index contributed by atoms with van der Waals surface area (Å²) in [6.07, 6.45) is 3.28. The van der Waals surface area contributed by atoms with Crippen molar-refractivity contribution >= 4 is 45.8 Å². The number of ether oxygens (including phenoxy) is 2. The van der Waals surface area contributed by atoms with Crippen LogP contribution in [0.4, 0.5) is 4.79 Å². The van der Waals surface area contributed by atoms with Crippen LogP contribution < -0.4 is 14.8 Å². The number of carbonyl (C=O) groups is 3. The molecule has 35 heavy (non-hydrogen) atoms. The molecule has 2 amide bonds. The lowest BCUT2D eigenvalue weighted by Crippen LogP contribution is -2.17. The topological polar surface area (TPSA) is 86.6 Å². The summed E-state index contributed by atoms with van der Waals surface area (Å²) in [4.78, 5) is 37.5. The minimum absolute atomic E-state index is 0.254. The molecular formula is C27H20N2O5S. The second-order valence-electron chi connectivity index (χ2n) is 7.80. The number of rotatable bonds is 6. The fourth-order valence-electron chi connectivity index (χ4n) is 3.81. The molecule has 1 aliphatic rings. The fourth-order valence-corrected chi connectivity index (χ4v) is 4.48. The minimum atomic E-state index is -0.462. The van der Waals surface area contributed by atoms with Crippen molar-refractivity contribution in [1.29, 1.82) is 0 Å². The Morgan fingerprint density at radius 3 is 2.57 bits per heavy atom. The Morgan fingerprint density at radius 2 is 1.83 bits per heavy atom. The number of fused-ring (bicyclic) bond motifs is 1. The SMILES string of the molecule is COc1cccc(C(=O)n2cc(C=C3SC(=O)NC3=O)c3cc(OCc4ccccc4)ccc32)c1. The summed E-state index contributed by atoms with van der Waals surface area (Å²) < 4.78 is 12.8. The average molecular weight is 485 g/mol. The van der Waals surface area contributed by atoms with Gasteiger partial charge in [-0.3, -0.25) is 24.3 Å². The molecule has 3 aromatic carbocycles. The van der Waals surface area contributed by atoms with Gasteiger partial charge in [0.15, 0.2) is 0 Å². The summed E-state index contributed by atoms with van der Waals surface area (Å²) in [5, 5.41) is 2.55. The first kappa shape index (κ1) is 22.5. The number of nitrogens with zero attached hydrogens (tertiary/aromatic N) is 1. The van der Waals surface area contributed by atoms with E-state index in [0.29, 0.717) is 40.1 Å². The zero-order valence-electron chi connectivity index (χ0n) is 18.7. The quantitative estimate of drug-likeness (QED) is 0.377. The van der Waals surface area contributed by atoms with Gasteiger partial charge in [-0.05, 0) is 59.8 Å². The van der Waals surface area contributed by atoms with Gasteiger partial charge in [0, 0.05) is 22.7 Å². The maximum absolute atomic E-state index is 13.4. The first-order chi connectivity index (χ1) is 17.0. The predicted octanol–water partition coefficient (Wildman–Crippen LogP) is 5.24. The lowest BCUT2D eigenvalue weighted by Gasteiger charge is -2.08. The first-order valence-corrected chi connectivity index (χ1v) is 11.6. The number of aromatic nitrogens is 1. The minimum Gasteiger partial charge on any atom is -0.497 e. The van der Waals surface area contributed by atoms with Gasteiger partial charge < -0.3 is 9.47 Å². The van der Waals surface area contributed by atoms with Crippen LogP contribution in [0, 0.1) is 0 Å². The summed E-state index contributed by atoms with van der Waals surface area (Å²) in [7, 11) is 1.54. The molecule has 0 spiro atoms. The van der Waals surface area contributed by atoms with Gasteiger partial charge in [0.05, 0.1) is 17.5 Å². The molecule has 5 rings (SSSR count). The number of carbonyl (C=O) groups excluding carboxylic acids is 3. The van der Waals surface area contributed by atoms with Crippen LogP contribution in [0.2, 0.25) is 0 Å². The van der Waals surface area contributed by atoms with E-state index in [1.165, 1.54) is 4.57 Å². The van der Waals surface area contributed by atoms with Crippen molar-refractivity contribution in [1.82, 2.24) is 9.88 Å². The average Bonchev–Trinajstić information content (AvgIpc) is 3.41. The van der Waals surface area contributed by atoms with E-state index in [4.69, 9.17) is 9.47 Å². The Balaban J connectivity index is 1.57. The molecule has 1 N–H and O–H groups in total. The lowest BCUT2D eigenvalue weighted by molar-refractivity contribution is -0.115. The maximum atomic E-state index is 13.4. The van der Waals surface area contributed by atoms with Gasteiger partial charge in [-0.2, -0.15) is 0 Å². The van der Waals surface area contributed by atoms with E-state index in [0.717, 1.165) is 17.3 Å². The van der Waals surface area contributed by atoms with Crippen LogP contribution in [0.25, 0.3) is 17.0 Å². The lowest BCUT2D eigenvalue weighted by atomic mass is 10.1. The molecule has 2 heterocycles. The number of thioether (sulfide) groups is 1. The molecule has 1 aliphatic heterocycles. The van der Waals surface area contributed by atoms with Crippen molar-refractivity contribution in [3.8, 4) is 11.5 Å². The van der Waals surface area contributed by atoms with Gasteiger partial charge in [0.25, 0.3) is 17.1 Å². The highest BCUT2D eigenvalue weighted by molar-refractivity contribution is 8.18. The first-order valence-electron chi connectivity index (χ1n) is 10.8. The molecule has 0 radical (unpaired) electrons. The third kappa shape index (κ3) is 4.69. The molecule has 4 aromatic rings. The second-order valence-corrected chi connectivity index (χ2v) is 8.81. The fraction of sp³-hybridized carbons (Fsp3) is 0.0741. The summed E-state index contributed by atoms with van der Waals surface area (Å²) in [5.41, 5.74) is 2.74. The third-order valence-electron chi connectivity index (χ3n) is 5.52. The van der Waals surface area contributed by atoms with Crippen molar-refractivity contribution in [3.05, 3.63) is 101 Å². The molecule has 0 unspecified atom stereocenters. The number of nitrogens with one attached hydrogen (secondary N) is 1. The number of hydrogen-bond donors (Lipinski definition) is 1. The molecule has 174 valence electrons. The molecule has 0 atom stereocenters. The van der Waals surface area contributed by atoms with Crippen molar-refractivity contribution in [2.75, 3.05) is 7.11 Å². The van der Waals surface area contributed by atoms with Crippen LogP contribution in [0.1, 0.15) is 21.5 Å². The predicted molar refractivity (Wildman–Crippen MR) is 135 cm³/mol. The molecule has 8 heteroatoms. The van der Waals surface area contributed by atoms with Crippen LogP contribution in [-0.2, 0) is 11.4 Å². The molecule has 0 aliphatic carbocycles. The number of methoxy groups -OCH3 is 1. The molecule has 0 saturated carbocycles. The van der Waals surface area contributed by atoms with Crippen LogP contribution in [0.3, 0.4) is 0 Å². The summed E-state index contributed by atoms with van der Waals surface area (Å²) in [5.74, 6) is 0.476. The molecule has 1 aromatic heterocycles. The Bertz CT molecular complexity index is 1490. The smallest absolute Gasteiger partial charge is 0.290 e. The standard InChI is InChI=1S/C27H20N2O5S/c1-33-20-9-5-8-18(12-20)26(31)29-15-19(13-24-25(30)28-27(32)35-24)22-14-21(10-11-23(22)29)34-16-17-6-3-2-4-7-17/h2-15H,16H2,1H3,(H,28,30,32). The highest BCUT2D eigenvalue weighted by Gasteiger charge is 2.26. The molecular weight excluding hydrogens is 464 g/mol. The van der Waals surface area contributed by atoms with Gasteiger partial charge in [0.1, 0.15) is 18.1 Å². The van der Waals surface area contributed by atoms with Crippen molar-refractivity contribution in [2.45, 2.75) is 6.61 Å². The molecule has 0 bridgehead atoms. The number of benzene rings is 3. The molecule has 1 saturated heterocycles. The second kappa shape index (κ2) is 9.52.